The van der Waals surface area contributed by atoms with Crippen LogP contribution in [0.3, 0.4) is 0 Å². The van der Waals surface area contributed by atoms with Gasteiger partial charge < -0.3 is 25.3 Å². The van der Waals surface area contributed by atoms with Crippen molar-refractivity contribution in [2.45, 2.75) is 44.3 Å². The first-order chi connectivity index (χ1) is 11.1. The van der Waals surface area contributed by atoms with E-state index in [1.54, 1.807) is 28.6 Å². The van der Waals surface area contributed by atoms with E-state index in [1.165, 1.54) is 6.33 Å². The van der Waals surface area contributed by atoms with Gasteiger partial charge in [-0.1, -0.05) is 13.3 Å². The van der Waals surface area contributed by atoms with Crippen LogP contribution in [0.1, 0.15) is 26.0 Å². The molecule has 1 aliphatic heterocycles. The van der Waals surface area contributed by atoms with Crippen molar-refractivity contribution in [3.63, 3.8) is 0 Å². The number of thioether (sulfide) groups is 1. The third-order valence-corrected chi connectivity index (χ3v) is 5.22. The Kier molecular flexibility index (Phi) is 5.05. The molecule has 0 aliphatic carbocycles. The smallest absolute Gasteiger partial charge is 0.164 e. The molecule has 0 unspecified atom stereocenters. The average molecular weight is 338 g/mol. The molecule has 0 amide bonds. The lowest BCUT2D eigenvalue weighted by Crippen LogP contribution is -2.32. The number of unbranched alkanes of at least 4 members (excludes halogenated alkanes) is 1. The van der Waals surface area contributed by atoms with Gasteiger partial charge in [-0.25, -0.2) is 9.97 Å². The minimum atomic E-state index is -1.00. The van der Waals surface area contributed by atoms with Gasteiger partial charge in [-0.3, -0.25) is 0 Å². The highest BCUT2D eigenvalue weighted by atomic mass is 32.2. The third-order valence-electron chi connectivity index (χ3n) is 4.08. The van der Waals surface area contributed by atoms with Gasteiger partial charge in [-0.2, -0.15) is 11.8 Å². The van der Waals surface area contributed by atoms with Crippen LogP contribution in [-0.4, -0.2) is 54.6 Å². The Morgan fingerprint density at radius 1 is 1.35 bits per heavy atom. The number of anilines is 1. The minimum Gasteiger partial charge on any atom is -0.387 e. The summed E-state index contributed by atoms with van der Waals surface area (Å²) in [4.78, 5) is 8.16. The summed E-state index contributed by atoms with van der Waals surface area (Å²) >= 11 is 1.74. The Morgan fingerprint density at radius 3 is 2.96 bits per heavy atom. The molecule has 1 fully saturated rings. The molecular formula is C15H22N4O3S. The van der Waals surface area contributed by atoms with Gasteiger partial charge in [0.05, 0.1) is 11.5 Å². The molecule has 1 saturated heterocycles. The summed E-state index contributed by atoms with van der Waals surface area (Å²) in [6, 6.07) is 1.79. The molecule has 0 bridgehead atoms. The first-order valence-electron chi connectivity index (χ1n) is 7.79. The molecule has 3 rings (SSSR count). The topological polar surface area (TPSA) is 106 Å². The number of nitrogens with two attached hydrogens (primary N) is 1. The van der Waals surface area contributed by atoms with Crippen LogP contribution in [0.4, 0.5) is 5.82 Å². The van der Waals surface area contributed by atoms with Crippen LogP contribution < -0.4 is 5.73 Å². The predicted octanol–water partition coefficient (Wildman–Crippen LogP) is 1.17. The zero-order valence-electron chi connectivity index (χ0n) is 13.0. The molecule has 8 heteroatoms. The van der Waals surface area contributed by atoms with Crippen LogP contribution >= 0.6 is 11.8 Å². The molecule has 23 heavy (non-hydrogen) atoms. The molecule has 0 aromatic carbocycles. The zero-order chi connectivity index (χ0) is 16.4. The van der Waals surface area contributed by atoms with E-state index in [0.717, 1.165) is 18.6 Å². The van der Waals surface area contributed by atoms with Crippen molar-refractivity contribution in [3.8, 4) is 0 Å². The molecule has 126 valence electrons. The second-order valence-electron chi connectivity index (χ2n) is 5.69. The Labute approximate surface area is 138 Å². The van der Waals surface area contributed by atoms with Crippen molar-refractivity contribution in [1.29, 1.82) is 0 Å². The maximum atomic E-state index is 10.4. The van der Waals surface area contributed by atoms with Crippen LogP contribution in [0.2, 0.25) is 0 Å². The summed E-state index contributed by atoms with van der Waals surface area (Å²) in [5.41, 5.74) is 6.42. The lowest BCUT2D eigenvalue weighted by molar-refractivity contribution is -0.0285. The Bertz CT molecular complexity index is 665. The molecule has 3 heterocycles. The van der Waals surface area contributed by atoms with Gasteiger partial charge in [0.1, 0.15) is 30.0 Å². The predicted molar refractivity (Wildman–Crippen MR) is 90.1 cm³/mol. The molecular weight excluding hydrogens is 316 g/mol. The summed E-state index contributed by atoms with van der Waals surface area (Å²) < 4.78 is 7.61. The lowest BCUT2D eigenvalue weighted by atomic mass is 10.1. The van der Waals surface area contributed by atoms with Crippen LogP contribution in [0.15, 0.2) is 18.6 Å². The van der Waals surface area contributed by atoms with Gasteiger partial charge in [0, 0.05) is 11.9 Å². The molecule has 2 aromatic heterocycles. The van der Waals surface area contributed by atoms with Crippen molar-refractivity contribution in [3.05, 3.63) is 18.6 Å². The number of nitrogens with zero attached hydrogens (tertiary/aromatic N) is 3. The van der Waals surface area contributed by atoms with Gasteiger partial charge in [0.15, 0.2) is 6.23 Å². The second kappa shape index (κ2) is 7.04. The monoisotopic (exact) mass is 338 g/mol. The number of hydrogen-bond donors (Lipinski definition) is 3. The first-order valence-corrected chi connectivity index (χ1v) is 8.95. The summed E-state index contributed by atoms with van der Waals surface area (Å²) in [5, 5.41) is 21.3. The van der Waals surface area contributed by atoms with Crippen molar-refractivity contribution in [2.75, 3.05) is 17.2 Å². The largest absolute Gasteiger partial charge is 0.387 e. The van der Waals surface area contributed by atoms with E-state index in [-0.39, 0.29) is 0 Å². The van der Waals surface area contributed by atoms with Crippen molar-refractivity contribution >= 4 is 28.6 Å². The van der Waals surface area contributed by atoms with E-state index in [1.807, 2.05) is 0 Å². The molecule has 1 aliphatic rings. The summed E-state index contributed by atoms with van der Waals surface area (Å²) in [6.45, 7) is 2.14. The highest BCUT2D eigenvalue weighted by Crippen LogP contribution is 2.34. The van der Waals surface area contributed by atoms with Crippen molar-refractivity contribution < 1.29 is 14.9 Å². The number of hydrogen-bond acceptors (Lipinski definition) is 7. The number of fused-ring (bicyclic) bond motifs is 1. The van der Waals surface area contributed by atoms with Crippen LogP contribution in [-0.2, 0) is 4.74 Å². The fourth-order valence-corrected chi connectivity index (χ4v) is 3.91. The van der Waals surface area contributed by atoms with Gasteiger partial charge in [-0.15, -0.1) is 0 Å². The fraction of sp³-hybridized carbons (Fsp3) is 0.600. The molecule has 0 saturated carbocycles. The number of aromatic nitrogens is 3. The Balaban J connectivity index is 1.76. The Morgan fingerprint density at radius 2 is 2.17 bits per heavy atom. The fourth-order valence-electron chi connectivity index (χ4n) is 2.74. The molecule has 2 aromatic rings. The molecule has 4 atom stereocenters. The van der Waals surface area contributed by atoms with E-state index in [0.29, 0.717) is 22.6 Å². The highest BCUT2D eigenvalue weighted by molar-refractivity contribution is 7.99. The van der Waals surface area contributed by atoms with Gasteiger partial charge in [-0.05, 0) is 18.2 Å². The van der Waals surface area contributed by atoms with E-state index in [4.69, 9.17) is 10.5 Å². The van der Waals surface area contributed by atoms with Crippen LogP contribution in [0, 0.1) is 0 Å². The zero-order valence-corrected chi connectivity index (χ0v) is 13.8. The van der Waals surface area contributed by atoms with E-state index in [2.05, 4.69) is 16.9 Å². The molecule has 0 spiro atoms. The minimum absolute atomic E-state index is 0.383. The molecule has 7 nitrogen and oxygen atoms in total. The number of aliphatic hydroxyl groups is 2. The lowest BCUT2D eigenvalue weighted by Gasteiger charge is -2.17. The van der Waals surface area contributed by atoms with Gasteiger partial charge >= 0.3 is 0 Å². The summed E-state index contributed by atoms with van der Waals surface area (Å²) in [6.07, 6.45) is 2.43. The first kappa shape index (κ1) is 16.5. The number of rotatable bonds is 6. The third kappa shape index (κ3) is 3.16. The standard InChI is InChI=1S/C15H22N4O3S/c1-2-3-6-23-7-10-11(20)12(21)15(22-10)19-5-4-9-13(16)17-8-18-14(9)19/h4-5,8,10-12,15,20-21H,2-3,6-7H2,1H3,(H2,16,17,18)/t10-,11-,12-,15-/m1/s1. The van der Waals surface area contributed by atoms with Crippen molar-refractivity contribution in [2.24, 2.45) is 0 Å². The van der Waals surface area contributed by atoms with E-state index in [9.17, 15) is 10.2 Å². The van der Waals surface area contributed by atoms with Crippen LogP contribution in [0.25, 0.3) is 11.0 Å². The maximum absolute atomic E-state index is 10.4. The van der Waals surface area contributed by atoms with Crippen molar-refractivity contribution in [1.82, 2.24) is 14.5 Å². The van der Waals surface area contributed by atoms with Crippen LogP contribution in [0.5, 0.6) is 0 Å². The Hall–Kier alpha value is -1.35. The van der Waals surface area contributed by atoms with Gasteiger partial charge in [0.25, 0.3) is 0 Å². The molecule has 4 N–H and O–H groups in total. The molecule has 0 radical (unpaired) electrons. The highest BCUT2D eigenvalue weighted by Gasteiger charge is 2.43. The average Bonchev–Trinajstić information content (AvgIpc) is 3.09. The summed E-state index contributed by atoms with van der Waals surface area (Å²) in [5.74, 6) is 2.07. The quantitative estimate of drug-likeness (QED) is 0.679. The van der Waals surface area contributed by atoms with Gasteiger partial charge in [0.2, 0.25) is 0 Å². The SMILES string of the molecule is CCCCSC[C@H]1O[C@@H](n2ccc3c(N)ncnc32)[C@H](O)[C@@H]1O. The second-order valence-corrected chi connectivity index (χ2v) is 6.84. The number of ether oxygens (including phenoxy) is 1. The normalized spacial score (nSPS) is 27.8. The maximum Gasteiger partial charge on any atom is 0.164 e. The number of nitrogen functional groups attached to an aromatic ring is 1. The van der Waals surface area contributed by atoms with E-state index >= 15 is 0 Å². The van der Waals surface area contributed by atoms with E-state index < -0.39 is 24.5 Å². The number of aliphatic hydroxyl groups excluding tert-OH is 2. The summed E-state index contributed by atoms with van der Waals surface area (Å²) in [7, 11) is 0.